The number of nitrogens with one attached hydrogen (secondary N) is 1. The molecule has 1 aromatic carbocycles. The van der Waals surface area contributed by atoms with Gasteiger partial charge >= 0.3 is 6.61 Å². The minimum Gasteiger partial charge on any atom is -0.432 e. The zero-order chi connectivity index (χ0) is 18.5. The second-order valence-corrected chi connectivity index (χ2v) is 6.06. The van der Waals surface area contributed by atoms with E-state index in [1.54, 1.807) is 17.0 Å². The molecule has 1 N–H and O–H groups in total. The van der Waals surface area contributed by atoms with Crippen molar-refractivity contribution in [3.63, 3.8) is 0 Å². The van der Waals surface area contributed by atoms with Crippen molar-refractivity contribution in [1.29, 1.82) is 0 Å². The van der Waals surface area contributed by atoms with Crippen molar-refractivity contribution >= 4 is 28.4 Å². The smallest absolute Gasteiger partial charge is 0.387 e. The summed E-state index contributed by atoms with van der Waals surface area (Å²) in [5.41, 5.74) is 0.665. The number of hydrogen-bond acceptors (Lipinski definition) is 4. The van der Waals surface area contributed by atoms with E-state index in [2.05, 4.69) is 15.0 Å². The summed E-state index contributed by atoms with van der Waals surface area (Å²) in [6.07, 6.45) is 4.62. The lowest BCUT2D eigenvalue weighted by Gasteiger charge is -2.20. The number of alkyl halides is 2. The van der Waals surface area contributed by atoms with E-state index in [-0.39, 0.29) is 29.6 Å². The zero-order valence-corrected chi connectivity index (χ0v) is 14.1. The molecule has 0 aliphatic carbocycles. The summed E-state index contributed by atoms with van der Waals surface area (Å²) in [6.45, 7) is -2.43. The average Bonchev–Trinajstić information content (AvgIpc) is 2.81. The van der Waals surface area contributed by atoms with Crippen LogP contribution < -0.4 is 10.1 Å². The number of pyridine rings is 1. The first-order valence-corrected chi connectivity index (χ1v) is 8.45. The van der Waals surface area contributed by atoms with E-state index >= 15 is 0 Å². The van der Waals surface area contributed by atoms with Gasteiger partial charge < -0.3 is 15.0 Å². The van der Waals surface area contributed by atoms with E-state index in [1.807, 2.05) is 0 Å². The standard InChI is InChI=1S/C18H19F2N3O3/c19-18(20)26-14-8-7-13(12-5-4-9-21-17(12)14)22-15(24)11-23-10-3-1-2-6-16(23)25/h4-5,7-9,18H,1-3,6,10-11H2,(H,22,24). The number of ether oxygens (including phenoxy) is 1. The van der Waals surface area contributed by atoms with Gasteiger partial charge in [0.2, 0.25) is 11.8 Å². The number of nitrogens with zero attached hydrogens (tertiary/aromatic N) is 2. The molecule has 138 valence electrons. The van der Waals surface area contributed by atoms with Gasteiger partial charge in [0.25, 0.3) is 0 Å². The van der Waals surface area contributed by atoms with Crippen LogP contribution in [0.3, 0.4) is 0 Å². The van der Waals surface area contributed by atoms with E-state index in [0.29, 0.717) is 24.0 Å². The highest BCUT2D eigenvalue weighted by molar-refractivity contribution is 6.04. The molecule has 26 heavy (non-hydrogen) atoms. The second kappa shape index (κ2) is 8.07. The summed E-state index contributed by atoms with van der Waals surface area (Å²) in [5, 5.41) is 3.23. The van der Waals surface area contributed by atoms with Crippen molar-refractivity contribution < 1.29 is 23.1 Å². The molecule has 1 saturated heterocycles. The van der Waals surface area contributed by atoms with Crippen LogP contribution in [0.15, 0.2) is 30.5 Å². The number of aromatic nitrogens is 1. The highest BCUT2D eigenvalue weighted by Gasteiger charge is 2.20. The lowest BCUT2D eigenvalue weighted by atomic mass is 10.1. The monoisotopic (exact) mass is 363 g/mol. The van der Waals surface area contributed by atoms with Crippen LogP contribution >= 0.6 is 0 Å². The Morgan fingerprint density at radius 1 is 1.27 bits per heavy atom. The highest BCUT2D eigenvalue weighted by Crippen LogP contribution is 2.31. The zero-order valence-electron chi connectivity index (χ0n) is 14.1. The molecule has 0 atom stereocenters. The number of carbonyl (C=O) groups excluding carboxylic acids is 2. The lowest BCUT2D eigenvalue weighted by Crippen LogP contribution is -2.37. The fourth-order valence-corrected chi connectivity index (χ4v) is 3.02. The lowest BCUT2D eigenvalue weighted by molar-refractivity contribution is -0.134. The van der Waals surface area contributed by atoms with Gasteiger partial charge in [-0.25, -0.2) is 0 Å². The van der Waals surface area contributed by atoms with Gasteiger partial charge in [-0.1, -0.05) is 6.42 Å². The average molecular weight is 363 g/mol. The Labute approximate surface area is 149 Å². The van der Waals surface area contributed by atoms with Gasteiger partial charge in [-0.05, 0) is 37.1 Å². The summed E-state index contributed by atoms with van der Waals surface area (Å²) in [4.78, 5) is 30.0. The Bertz CT molecular complexity index is 813. The van der Waals surface area contributed by atoms with Gasteiger partial charge in [0, 0.05) is 24.5 Å². The number of carbonyl (C=O) groups is 2. The van der Waals surface area contributed by atoms with E-state index in [0.717, 1.165) is 19.3 Å². The molecular weight excluding hydrogens is 344 g/mol. The molecule has 1 fully saturated rings. The summed E-state index contributed by atoms with van der Waals surface area (Å²) >= 11 is 0. The Hall–Kier alpha value is -2.77. The van der Waals surface area contributed by atoms with Crippen LogP contribution in [0.4, 0.5) is 14.5 Å². The maximum Gasteiger partial charge on any atom is 0.387 e. The molecule has 1 aromatic heterocycles. The fourth-order valence-electron chi connectivity index (χ4n) is 3.02. The number of anilines is 1. The second-order valence-electron chi connectivity index (χ2n) is 6.06. The largest absolute Gasteiger partial charge is 0.432 e. The molecule has 1 aliphatic rings. The van der Waals surface area contributed by atoms with Crippen LogP contribution in [0.25, 0.3) is 10.9 Å². The van der Waals surface area contributed by atoms with Crippen molar-refractivity contribution in [3.05, 3.63) is 30.5 Å². The van der Waals surface area contributed by atoms with Crippen molar-refractivity contribution in [2.24, 2.45) is 0 Å². The van der Waals surface area contributed by atoms with Crippen LogP contribution in [0, 0.1) is 0 Å². The van der Waals surface area contributed by atoms with Gasteiger partial charge in [-0.15, -0.1) is 0 Å². The summed E-state index contributed by atoms with van der Waals surface area (Å²) in [7, 11) is 0. The first kappa shape index (κ1) is 18.0. The Morgan fingerprint density at radius 3 is 2.92 bits per heavy atom. The molecule has 2 amide bonds. The molecule has 0 saturated carbocycles. The minimum atomic E-state index is -2.96. The Kier molecular flexibility index (Phi) is 5.60. The number of likely N-dealkylation sites (tertiary alicyclic amines) is 1. The van der Waals surface area contributed by atoms with Crippen LogP contribution in [0.2, 0.25) is 0 Å². The maximum atomic E-state index is 12.5. The molecule has 2 heterocycles. The molecule has 1 aliphatic heterocycles. The Morgan fingerprint density at radius 2 is 2.12 bits per heavy atom. The highest BCUT2D eigenvalue weighted by atomic mass is 19.3. The molecule has 2 aromatic rings. The third-order valence-corrected chi connectivity index (χ3v) is 4.23. The molecule has 8 heteroatoms. The van der Waals surface area contributed by atoms with Crippen molar-refractivity contribution in [1.82, 2.24) is 9.88 Å². The van der Waals surface area contributed by atoms with Crippen molar-refractivity contribution in [2.75, 3.05) is 18.4 Å². The van der Waals surface area contributed by atoms with E-state index in [4.69, 9.17) is 0 Å². The molecular formula is C18H19F2N3O3. The van der Waals surface area contributed by atoms with Crippen LogP contribution in [-0.2, 0) is 9.59 Å². The fraction of sp³-hybridized carbons (Fsp3) is 0.389. The predicted molar refractivity (Wildman–Crippen MR) is 92.1 cm³/mol. The van der Waals surface area contributed by atoms with Crippen LogP contribution in [-0.4, -0.2) is 41.4 Å². The van der Waals surface area contributed by atoms with Crippen molar-refractivity contribution in [3.8, 4) is 5.75 Å². The SMILES string of the molecule is O=C(CN1CCCCCC1=O)Nc1ccc(OC(F)F)c2ncccc12. The maximum absolute atomic E-state index is 12.5. The van der Waals surface area contributed by atoms with Gasteiger partial charge in [-0.3, -0.25) is 14.6 Å². The molecule has 0 unspecified atom stereocenters. The number of halogens is 2. The predicted octanol–water partition coefficient (Wildman–Crippen LogP) is 3.18. The number of fused-ring (bicyclic) bond motifs is 1. The van der Waals surface area contributed by atoms with Gasteiger partial charge in [0.05, 0.1) is 12.2 Å². The van der Waals surface area contributed by atoms with E-state index in [9.17, 15) is 18.4 Å². The first-order valence-electron chi connectivity index (χ1n) is 8.45. The van der Waals surface area contributed by atoms with Crippen LogP contribution in [0.1, 0.15) is 25.7 Å². The third kappa shape index (κ3) is 4.25. The molecule has 6 nitrogen and oxygen atoms in total. The van der Waals surface area contributed by atoms with Crippen LogP contribution in [0.5, 0.6) is 5.75 Å². The van der Waals surface area contributed by atoms with Gasteiger partial charge in [0.1, 0.15) is 5.52 Å². The van der Waals surface area contributed by atoms with E-state index in [1.165, 1.54) is 18.3 Å². The number of rotatable bonds is 5. The Balaban J connectivity index is 1.78. The van der Waals surface area contributed by atoms with E-state index < -0.39 is 6.61 Å². The normalized spacial score (nSPS) is 15.2. The molecule has 3 rings (SSSR count). The van der Waals surface area contributed by atoms with Crippen molar-refractivity contribution in [2.45, 2.75) is 32.3 Å². The van der Waals surface area contributed by atoms with Gasteiger partial charge in [-0.2, -0.15) is 8.78 Å². The third-order valence-electron chi connectivity index (χ3n) is 4.23. The minimum absolute atomic E-state index is 0.0233. The first-order chi connectivity index (χ1) is 12.5. The quantitative estimate of drug-likeness (QED) is 0.886. The molecule has 0 bridgehead atoms. The number of amides is 2. The molecule has 0 radical (unpaired) electrons. The summed E-state index contributed by atoms with van der Waals surface area (Å²) < 4.78 is 29.5. The van der Waals surface area contributed by atoms with Gasteiger partial charge in [0.15, 0.2) is 5.75 Å². The number of hydrogen-bond donors (Lipinski definition) is 1. The summed E-state index contributed by atoms with van der Waals surface area (Å²) in [6, 6.07) is 6.13. The topological polar surface area (TPSA) is 71.5 Å². The summed E-state index contributed by atoms with van der Waals surface area (Å²) in [5.74, 6) is -0.422. The molecule has 0 spiro atoms. The number of benzene rings is 1.